The van der Waals surface area contributed by atoms with Crippen LogP contribution in [0.5, 0.6) is 0 Å². The van der Waals surface area contributed by atoms with Crippen molar-refractivity contribution in [3.05, 3.63) is 71.8 Å². The summed E-state index contributed by atoms with van der Waals surface area (Å²) in [6, 6.07) is 19.4. The molecule has 4 rings (SSSR count). The number of rotatable bonds is 5. The van der Waals surface area contributed by atoms with Crippen LogP contribution in [0.2, 0.25) is 0 Å². The van der Waals surface area contributed by atoms with E-state index in [1.807, 2.05) is 74.5 Å². The van der Waals surface area contributed by atoms with Crippen LogP contribution in [-0.2, 0) is 25.6 Å². The molecule has 2 fully saturated rings. The van der Waals surface area contributed by atoms with E-state index in [4.69, 9.17) is 18.9 Å². The van der Waals surface area contributed by atoms with E-state index in [0.29, 0.717) is 6.61 Å². The van der Waals surface area contributed by atoms with Gasteiger partial charge in [-0.25, -0.2) is 0 Å². The predicted molar refractivity (Wildman–Crippen MR) is 95.1 cm³/mol. The van der Waals surface area contributed by atoms with Gasteiger partial charge in [-0.15, -0.1) is 0 Å². The van der Waals surface area contributed by atoms with Gasteiger partial charge in [0.25, 0.3) is 0 Å². The average molecular weight is 356 g/mol. The van der Waals surface area contributed by atoms with Crippen molar-refractivity contribution in [3.8, 4) is 0 Å². The molecule has 2 aromatic rings. The van der Waals surface area contributed by atoms with Gasteiger partial charge in [-0.05, 0) is 25.0 Å². The molecule has 0 spiro atoms. The van der Waals surface area contributed by atoms with Crippen molar-refractivity contribution in [3.63, 3.8) is 0 Å². The fourth-order valence-corrected chi connectivity index (χ4v) is 3.55. The Bertz CT molecular complexity index is 718. The molecule has 26 heavy (non-hydrogen) atoms. The number of fused-ring (bicyclic) bond motifs is 1. The van der Waals surface area contributed by atoms with Crippen molar-refractivity contribution in [1.82, 2.24) is 0 Å². The zero-order chi connectivity index (χ0) is 18.1. The maximum atomic E-state index is 10.9. The maximum absolute atomic E-state index is 10.9. The van der Waals surface area contributed by atoms with Crippen LogP contribution < -0.4 is 0 Å². The Morgan fingerprint density at radius 3 is 2.35 bits per heavy atom. The van der Waals surface area contributed by atoms with Crippen LogP contribution in [0.4, 0.5) is 0 Å². The zero-order valence-corrected chi connectivity index (χ0v) is 14.9. The third-order valence-electron chi connectivity index (χ3n) is 4.76. The molecule has 5 nitrogen and oxygen atoms in total. The minimum absolute atomic E-state index is 0.378. The van der Waals surface area contributed by atoms with Gasteiger partial charge < -0.3 is 24.1 Å². The Balaban J connectivity index is 1.54. The summed E-state index contributed by atoms with van der Waals surface area (Å²) in [5, 5.41) is 10.9. The number of aliphatic hydroxyl groups is 1. The lowest BCUT2D eigenvalue weighted by Gasteiger charge is -2.28. The second-order valence-corrected chi connectivity index (χ2v) is 7.19. The highest BCUT2D eigenvalue weighted by atomic mass is 16.8. The fourth-order valence-electron chi connectivity index (χ4n) is 3.55. The lowest BCUT2D eigenvalue weighted by atomic mass is 9.99. The summed E-state index contributed by atoms with van der Waals surface area (Å²) < 4.78 is 24.0. The Labute approximate surface area is 153 Å². The largest absolute Gasteiger partial charge is 0.386 e. The summed E-state index contributed by atoms with van der Waals surface area (Å²) in [4.78, 5) is 0. The van der Waals surface area contributed by atoms with Crippen molar-refractivity contribution >= 4 is 0 Å². The highest BCUT2D eigenvalue weighted by Crippen LogP contribution is 2.42. The second kappa shape index (κ2) is 7.10. The SMILES string of the molecule is CC1(C)O[C@@H]2O[C@H]([C@H](O)c3ccccc3)[C@H](OCc3ccccc3)[C@H]2O1. The molecular weight excluding hydrogens is 332 g/mol. The number of ether oxygens (including phenoxy) is 4. The van der Waals surface area contributed by atoms with E-state index in [9.17, 15) is 5.11 Å². The molecule has 0 bridgehead atoms. The standard InChI is InChI=1S/C21H24O5/c1-21(2)25-19-18(23-13-14-9-5-3-6-10-14)17(24-20(19)26-21)16(22)15-11-7-4-8-12-15/h3-12,16-20,22H,13H2,1-2H3/t16-,17-,18+,19-,20+/m1/s1. The summed E-state index contributed by atoms with van der Waals surface area (Å²) >= 11 is 0. The topological polar surface area (TPSA) is 57.2 Å². The van der Waals surface area contributed by atoms with Gasteiger partial charge in [0.2, 0.25) is 0 Å². The van der Waals surface area contributed by atoms with Crippen LogP contribution in [-0.4, -0.2) is 35.5 Å². The quantitative estimate of drug-likeness (QED) is 0.892. The van der Waals surface area contributed by atoms with Gasteiger partial charge in [-0.2, -0.15) is 0 Å². The second-order valence-electron chi connectivity index (χ2n) is 7.19. The van der Waals surface area contributed by atoms with Crippen molar-refractivity contribution in [1.29, 1.82) is 0 Å². The Kier molecular flexibility index (Phi) is 4.82. The average Bonchev–Trinajstić information content (AvgIpc) is 3.12. The fraction of sp³-hybridized carbons (Fsp3) is 0.429. The van der Waals surface area contributed by atoms with Crippen LogP contribution in [0.25, 0.3) is 0 Å². The first-order valence-corrected chi connectivity index (χ1v) is 8.93. The molecule has 0 aromatic heterocycles. The zero-order valence-electron chi connectivity index (χ0n) is 14.9. The monoisotopic (exact) mass is 356 g/mol. The van der Waals surface area contributed by atoms with E-state index >= 15 is 0 Å². The number of aliphatic hydroxyl groups excluding tert-OH is 1. The van der Waals surface area contributed by atoms with Crippen LogP contribution in [0.15, 0.2) is 60.7 Å². The highest BCUT2D eigenvalue weighted by molar-refractivity contribution is 5.20. The summed E-state index contributed by atoms with van der Waals surface area (Å²) in [5.41, 5.74) is 1.84. The first kappa shape index (κ1) is 17.6. The van der Waals surface area contributed by atoms with Crippen molar-refractivity contribution in [2.24, 2.45) is 0 Å². The lowest BCUT2D eigenvalue weighted by molar-refractivity contribution is -0.231. The third kappa shape index (κ3) is 3.54. The van der Waals surface area contributed by atoms with Crippen LogP contribution >= 0.6 is 0 Å². The summed E-state index contributed by atoms with van der Waals surface area (Å²) in [7, 11) is 0. The van der Waals surface area contributed by atoms with Gasteiger partial charge >= 0.3 is 0 Å². The molecule has 1 N–H and O–H groups in total. The Morgan fingerprint density at radius 2 is 1.65 bits per heavy atom. The maximum Gasteiger partial charge on any atom is 0.190 e. The van der Waals surface area contributed by atoms with E-state index in [2.05, 4.69) is 0 Å². The van der Waals surface area contributed by atoms with Crippen LogP contribution in [0.3, 0.4) is 0 Å². The lowest BCUT2D eigenvalue weighted by Crippen LogP contribution is -2.39. The molecule has 2 aromatic carbocycles. The van der Waals surface area contributed by atoms with Gasteiger partial charge in [-0.1, -0.05) is 60.7 Å². The minimum atomic E-state index is -0.821. The van der Waals surface area contributed by atoms with Crippen molar-refractivity contribution < 1.29 is 24.1 Å². The minimum Gasteiger partial charge on any atom is -0.386 e. The molecular formula is C21H24O5. The molecule has 0 unspecified atom stereocenters. The van der Waals surface area contributed by atoms with Gasteiger partial charge in [0, 0.05) is 0 Å². The summed E-state index contributed by atoms with van der Waals surface area (Å²) in [5.74, 6) is -0.730. The first-order valence-electron chi connectivity index (χ1n) is 8.93. The molecule has 5 atom stereocenters. The molecule has 2 aliphatic rings. The van der Waals surface area contributed by atoms with Gasteiger partial charge in [0.1, 0.15) is 24.4 Å². The Hall–Kier alpha value is -1.76. The molecule has 138 valence electrons. The highest BCUT2D eigenvalue weighted by Gasteiger charge is 2.57. The van der Waals surface area contributed by atoms with Crippen molar-refractivity contribution in [2.45, 2.75) is 56.9 Å². The van der Waals surface area contributed by atoms with E-state index in [1.165, 1.54) is 0 Å². The van der Waals surface area contributed by atoms with E-state index in [-0.39, 0.29) is 6.10 Å². The predicted octanol–water partition coefficient (Wildman–Crippen LogP) is 3.18. The van der Waals surface area contributed by atoms with Gasteiger partial charge in [-0.3, -0.25) is 0 Å². The Morgan fingerprint density at radius 1 is 1.00 bits per heavy atom. The van der Waals surface area contributed by atoms with Crippen LogP contribution in [0.1, 0.15) is 31.1 Å². The molecule has 2 heterocycles. The number of hydrogen-bond donors (Lipinski definition) is 1. The summed E-state index contributed by atoms with van der Waals surface area (Å²) in [6.45, 7) is 4.12. The van der Waals surface area contributed by atoms with Crippen LogP contribution in [0, 0.1) is 0 Å². The van der Waals surface area contributed by atoms with E-state index in [0.717, 1.165) is 11.1 Å². The molecule has 0 radical (unpaired) electrons. The smallest absolute Gasteiger partial charge is 0.190 e. The molecule has 5 heteroatoms. The van der Waals surface area contributed by atoms with Gasteiger partial charge in [0.05, 0.1) is 6.61 Å². The molecule has 0 saturated carbocycles. The number of hydrogen-bond acceptors (Lipinski definition) is 5. The molecule has 2 aliphatic heterocycles. The molecule has 2 saturated heterocycles. The normalized spacial score (nSPS) is 30.9. The van der Waals surface area contributed by atoms with Crippen molar-refractivity contribution in [2.75, 3.05) is 0 Å². The molecule has 0 aliphatic carbocycles. The van der Waals surface area contributed by atoms with E-state index in [1.54, 1.807) is 0 Å². The van der Waals surface area contributed by atoms with Gasteiger partial charge in [0.15, 0.2) is 12.1 Å². The third-order valence-corrected chi connectivity index (χ3v) is 4.76. The number of benzene rings is 2. The molecule has 0 amide bonds. The summed E-state index contributed by atoms with van der Waals surface area (Å²) in [6.07, 6.45) is -2.74. The first-order chi connectivity index (χ1) is 12.5. The van der Waals surface area contributed by atoms with E-state index < -0.39 is 30.4 Å².